The number of carbonyl (C=O) groups is 1. The fourth-order valence-electron chi connectivity index (χ4n) is 2.80. The van der Waals surface area contributed by atoms with Crippen LogP contribution in [-0.4, -0.2) is 24.1 Å². The van der Waals surface area contributed by atoms with Gasteiger partial charge in [0.2, 0.25) is 5.78 Å². The zero-order valence-electron chi connectivity index (χ0n) is 13.9. The molecule has 1 unspecified atom stereocenters. The number of aliphatic hydroxyl groups excluding tert-OH is 1. The van der Waals surface area contributed by atoms with E-state index in [9.17, 15) is 36.2 Å². The van der Waals surface area contributed by atoms with Crippen molar-refractivity contribution in [2.45, 2.75) is 18.5 Å². The van der Waals surface area contributed by atoms with Crippen LogP contribution in [0.3, 0.4) is 0 Å². The number of carbonyl (C=O) groups excluding carboxylic acids is 1. The minimum atomic E-state index is -4.48. The number of ether oxygens (including phenoxy) is 2. The van der Waals surface area contributed by atoms with E-state index in [1.807, 2.05) is 0 Å². The Hall–Kier alpha value is -2.75. The number of Topliss-reactive ketones (excluding diaryl/α,β-unsaturated/α-hetero) is 1. The number of alkyl halides is 6. The molecule has 0 amide bonds. The van der Waals surface area contributed by atoms with Crippen LogP contribution < -0.4 is 9.47 Å². The Bertz CT molecular complexity index is 904. The Kier molecular flexibility index (Phi) is 5.00. The Labute approximate surface area is 154 Å². The summed E-state index contributed by atoms with van der Waals surface area (Å²) in [4.78, 5) is 11.1. The number of para-hydroxylation sites is 2. The van der Waals surface area contributed by atoms with Crippen LogP contribution >= 0.6 is 0 Å². The lowest BCUT2D eigenvalue weighted by atomic mass is 10.1. The summed E-state index contributed by atoms with van der Waals surface area (Å²) in [5.74, 6) is -0.997. The van der Waals surface area contributed by atoms with Crippen molar-refractivity contribution in [3.05, 3.63) is 58.7 Å². The number of halogens is 6. The molecule has 10 heteroatoms. The molecule has 0 aromatic heterocycles. The molecule has 0 radical (unpaired) electrons. The van der Waals surface area contributed by atoms with Gasteiger partial charge in [-0.1, -0.05) is 18.2 Å². The van der Waals surface area contributed by atoms with Gasteiger partial charge in [-0.15, -0.1) is 0 Å². The molecule has 2 aromatic rings. The number of hydrogen-bond acceptors (Lipinski definition) is 4. The zero-order chi connectivity index (χ0) is 20.7. The quantitative estimate of drug-likeness (QED) is 0.659. The van der Waals surface area contributed by atoms with E-state index in [2.05, 4.69) is 0 Å². The molecular weight excluding hydrogens is 394 g/mol. The van der Waals surface area contributed by atoms with Crippen molar-refractivity contribution in [2.24, 2.45) is 0 Å². The lowest BCUT2D eigenvalue weighted by Gasteiger charge is -2.10. The first kappa shape index (κ1) is 20.0. The maximum absolute atomic E-state index is 12.4. The molecule has 0 saturated carbocycles. The SMILES string of the molecule is O=C1COc2c1cccc2C(F)(F)F.OC1COc2c1cccc2C(F)(F)F. The molecule has 0 spiro atoms. The molecule has 0 fully saturated rings. The van der Waals surface area contributed by atoms with Crippen molar-refractivity contribution < 1.29 is 45.7 Å². The zero-order valence-corrected chi connectivity index (χ0v) is 13.9. The van der Waals surface area contributed by atoms with E-state index in [0.717, 1.165) is 12.1 Å². The first-order valence-corrected chi connectivity index (χ1v) is 7.87. The van der Waals surface area contributed by atoms with E-state index < -0.39 is 35.4 Å². The summed E-state index contributed by atoms with van der Waals surface area (Å²) in [7, 11) is 0. The van der Waals surface area contributed by atoms with Crippen LogP contribution in [0.1, 0.15) is 33.2 Å². The highest BCUT2D eigenvalue weighted by Gasteiger charge is 2.39. The van der Waals surface area contributed by atoms with E-state index in [4.69, 9.17) is 9.47 Å². The maximum Gasteiger partial charge on any atom is 0.419 e. The molecule has 150 valence electrons. The highest BCUT2D eigenvalue weighted by Crippen LogP contribution is 2.43. The van der Waals surface area contributed by atoms with Gasteiger partial charge in [0.1, 0.15) is 24.2 Å². The van der Waals surface area contributed by atoms with Gasteiger partial charge < -0.3 is 14.6 Å². The van der Waals surface area contributed by atoms with Gasteiger partial charge in [0.05, 0.1) is 16.7 Å². The summed E-state index contributed by atoms with van der Waals surface area (Å²) < 4.78 is 83.9. The van der Waals surface area contributed by atoms with Crippen molar-refractivity contribution in [1.29, 1.82) is 0 Å². The predicted molar refractivity (Wildman–Crippen MR) is 83.2 cm³/mol. The van der Waals surface area contributed by atoms with Gasteiger partial charge in [-0.3, -0.25) is 4.79 Å². The van der Waals surface area contributed by atoms with Crippen molar-refractivity contribution in [2.75, 3.05) is 13.2 Å². The van der Waals surface area contributed by atoms with Crippen molar-refractivity contribution in [3.63, 3.8) is 0 Å². The van der Waals surface area contributed by atoms with Gasteiger partial charge in [0.25, 0.3) is 0 Å². The summed E-state index contributed by atoms with van der Waals surface area (Å²) in [6, 6.07) is 7.07. The summed E-state index contributed by atoms with van der Waals surface area (Å²) in [5, 5.41) is 9.28. The van der Waals surface area contributed by atoms with Gasteiger partial charge >= 0.3 is 12.4 Å². The molecule has 1 atom stereocenters. The second-order valence-electron chi connectivity index (χ2n) is 5.94. The van der Waals surface area contributed by atoms with Crippen LogP contribution in [0.25, 0.3) is 0 Å². The standard InChI is InChI=1S/C9H7F3O2.C9H5F3O2/c2*10-9(11,12)6-3-1-2-5-7(13)4-14-8(5)6/h1-3,7,13H,4H2;1-3H,4H2. The largest absolute Gasteiger partial charge is 0.489 e. The van der Waals surface area contributed by atoms with E-state index in [1.165, 1.54) is 24.3 Å². The van der Waals surface area contributed by atoms with Gasteiger partial charge in [-0.25, -0.2) is 0 Å². The van der Waals surface area contributed by atoms with E-state index >= 15 is 0 Å². The van der Waals surface area contributed by atoms with Crippen molar-refractivity contribution in [1.82, 2.24) is 0 Å². The number of fused-ring (bicyclic) bond motifs is 2. The Balaban J connectivity index is 0.000000161. The third-order valence-corrected chi connectivity index (χ3v) is 4.06. The first-order chi connectivity index (χ1) is 13.0. The number of hydrogen-bond donors (Lipinski definition) is 1. The molecular formula is C18H12F6O4. The van der Waals surface area contributed by atoms with Gasteiger partial charge in [-0.05, 0) is 18.2 Å². The van der Waals surface area contributed by atoms with Crippen LogP contribution in [-0.2, 0) is 12.4 Å². The highest BCUT2D eigenvalue weighted by molar-refractivity contribution is 6.02. The fraction of sp³-hybridized carbons (Fsp3) is 0.278. The third kappa shape index (κ3) is 3.77. The molecule has 2 heterocycles. The van der Waals surface area contributed by atoms with Gasteiger partial charge in [0.15, 0.2) is 6.61 Å². The molecule has 0 saturated heterocycles. The van der Waals surface area contributed by atoms with Crippen LogP contribution in [0.2, 0.25) is 0 Å². The smallest absolute Gasteiger partial charge is 0.419 e. The van der Waals surface area contributed by atoms with Crippen LogP contribution in [0.5, 0.6) is 11.5 Å². The second kappa shape index (κ2) is 7.01. The minimum Gasteiger partial charge on any atom is -0.489 e. The maximum atomic E-state index is 12.4. The van der Waals surface area contributed by atoms with E-state index in [1.54, 1.807) is 0 Å². The van der Waals surface area contributed by atoms with Gasteiger partial charge in [0, 0.05) is 5.56 Å². The third-order valence-electron chi connectivity index (χ3n) is 4.06. The molecule has 4 rings (SSSR count). The van der Waals surface area contributed by atoms with E-state index in [0.29, 0.717) is 0 Å². The average molecular weight is 406 g/mol. The number of aliphatic hydroxyl groups is 1. The van der Waals surface area contributed by atoms with Crippen molar-refractivity contribution >= 4 is 5.78 Å². The number of rotatable bonds is 0. The van der Waals surface area contributed by atoms with Gasteiger partial charge in [-0.2, -0.15) is 26.3 Å². The van der Waals surface area contributed by atoms with Crippen LogP contribution in [0.15, 0.2) is 36.4 Å². The molecule has 0 bridgehead atoms. The highest BCUT2D eigenvalue weighted by atomic mass is 19.4. The lowest BCUT2D eigenvalue weighted by molar-refractivity contribution is -0.139. The Morgan fingerprint density at radius 1 is 0.857 bits per heavy atom. The van der Waals surface area contributed by atoms with Crippen LogP contribution in [0.4, 0.5) is 26.3 Å². The molecule has 2 aromatic carbocycles. The normalized spacial score (nSPS) is 17.8. The Morgan fingerprint density at radius 3 is 2.04 bits per heavy atom. The monoisotopic (exact) mass is 406 g/mol. The molecule has 4 nitrogen and oxygen atoms in total. The fourth-order valence-corrected chi connectivity index (χ4v) is 2.80. The van der Waals surface area contributed by atoms with Crippen molar-refractivity contribution in [3.8, 4) is 11.5 Å². The van der Waals surface area contributed by atoms with E-state index in [-0.39, 0.29) is 35.8 Å². The second-order valence-corrected chi connectivity index (χ2v) is 5.94. The number of benzene rings is 2. The molecule has 1 N–H and O–H groups in total. The molecule has 2 aliphatic rings. The minimum absolute atomic E-state index is 0.0137. The average Bonchev–Trinajstić information content (AvgIpc) is 3.17. The predicted octanol–water partition coefficient (Wildman–Crippen LogP) is 4.41. The summed E-state index contributed by atoms with van der Waals surface area (Å²) in [5.41, 5.74) is -1.49. The molecule has 0 aliphatic carbocycles. The Morgan fingerprint density at radius 2 is 1.43 bits per heavy atom. The first-order valence-electron chi connectivity index (χ1n) is 7.87. The summed E-state index contributed by atoms with van der Waals surface area (Å²) in [6.07, 6.45) is -9.86. The topological polar surface area (TPSA) is 55.8 Å². The molecule has 28 heavy (non-hydrogen) atoms. The lowest BCUT2D eigenvalue weighted by Crippen LogP contribution is -2.06. The number of ketones is 1. The summed E-state index contributed by atoms with van der Waals surface area (Å²) in [6.45, 7) is -0.412. The summed E-state index contributed by atoms with van der Waals surface area (Å²) >= 11 is 0. The van der Waals surface area contributed by atoms with Crippen LogP contribution in [0, 0.1) is 0 Å². The molecule has 2 aliphatic heterocycles.